The maximum absolute atomic E-state index is 5.68. The van der Waals surface area contributed by atoms with Crippen molar-refractivity contribution in [2.75, 3.05) is 6.54 Å². The average molecular weight is 226 g/mol. The molecule has 1 aliphatic rings. The molecule has 0 aromatic heterocycles. The first-order valence-corrected chi connectivity index (χ1v) is 5.09. The maximum atomic E-state index is 5.68. The van der Waals surface area contributed by atoms with Gasteiger partial charge in [0.25, 0.3) is 0 Å². The molecule has 0 saturated heterocycles. The zero-order valence-electron chi connectivity index (χ0n) is 6.89. The van der Waals surface area contributed by atoms with Gasteiger partial charge in [-0.05, 0) is 48.6 Å². The first kappa shape index (κ1) is 8.27. The Morgan fingerprint density at radius 2 is 2.33 bits per heavy atom. The molecule has 1 aromatic carbocycles. The van der Waals surface area contributed by atoms with Gasteiger partial charge in [0.15, 0.2) is 0 Å². The summed E-state index contributed by atoms with van der Waals surface area (Å²) in [5.41, 5.74) is 8.61. The molecule has 0 fully saturated rings. The molecule has 1 nitrogen and oxygen atoms in total. The molecule has 0 bridgehead atoms. The first-order chi connectivity index (χ1) is 5.81. The minimum Gasteiger partial charge on any atom is -0.330 e. The van der Waals surface area contributed by atoms with Gasteiger partial charge in [-0.2, -0.15) is 0 Å². The SMILES string of the molecule is NC[C@H]1CCc2ccc(Br)cc21. The third-order valence-electron chi connectivity index (χ3n) is 2.59. The molecule has 0 unspecified atom stereocenters. The van der Waals surface area contributed by atoms with Crippen LogP contribution in [0.25, 0.3) is 0 Å². The normalized spacial score (nSPS) is 21.0. The Bertz CT molecular complexity index is 296. The highest BCUT2D eigenvalue weighted by atomic mass is 79.9. The molecule has 0 saturated carbocycles. The van der Waals surface area contributed by atoms with E-state index in [4.69, 9.17) is 5.73 Å². The van der Waals surface area contributed by atoms with Crippen LogP contribution in [-0.2, 0) is 6.42 Å². The molecule has 64 valence electrons. The number of hydrogen-bond donors (Lipinski definition) is 1. The first-order valence-electron chi connectivity index (χ1n) is 4.29. The minimum absolute atomic E-state index is 0.595. The fraction of sp³-hybridized carbons (Fsp3) is 0.400. The molecule has 0 radical (unpaired) electrons. The molecule has 0 heterocycles. The number of benzene rings is 1. The van der Waals surface area contributed by atoms with Crippen LogP contribution < -0.4 is 5.73 Å². The summed E-state index contributed by atoms with van der Waals surface area (Å²) in [5, 5.41) is 0. The Morgan fingerprint density at radius 1 is 1.50 bits per heavy atom. The highest BCUT2D eigenvalue weighted by Gasteiger charge is 2.20. The van der Waals surface area contributed by atoms with Gasteiger partial charge in [0.05, 0.1) is 0 Å². The number of rotatable bonds is 1. The van der Waals surface area contributed by atoms with Gasteiger partial charge < -0.3 is 5.73 Å². The number of aryl methyl sites for hydroxylation is 1. The van der Waals surface area contributed by atoms with Crippen LogP contribution in [-0.4, -0.2) is 6.54 Å². The Hall–Kier alpha value is -0.340. The Balaban J connectivity index is 2.42. The fourth-order valence-electron chi connectivity index (χ4n) is 1.90. The van der Waals surface area contributed by atoms with Crippen LogP contribution >= 0.6 is 15.9 Å². The van der Waals surface area contributed by atoms with E-state index in [9.17, 15) is 0 Å². The van der Waals surface area contributed by atoms with Gasteiger partial charge in [0.2, 0.25) is 0 Å². The van der Waals surface area contributed by atoms with Crippen molar-refractivity contribution < 1.29 is 0 Å². The summed E-state index contributed by atoms with van der Waals surface area (Å²) in [6.45, 7) is 0.781. The highest BCUT2D eigenvalue weighted by molar-refractivity contribution is 9.10. The summed E-state index contributed by atoms with van der Waals surface area (Å²) in [5.74, 6) is 0.595. The summed E-state index contributed by atoms with van der Waals surface area (Å²) in [4.78, 5) is 0. The summed E-state index contributed by atoms with van der Waals surface area (Å²) < 4.78 is 1.17. The predicted molar refractivity (Wildman–Crippen MR) is 54.3 cm³/mol. The van der Waals surface area contributed by atoms with E-state index in [0.29, 0.717) is 5.92 Å². The quantitative estimate of drug-likeness (QED) is 0.781. The summed E-state index contributed by atoms with van der Waals surface area (Å²) >= 11 is 3.48. The van der Waals surface area contributed by atoms with Crippen molar-refractivity contribution in [1.82, 2.24) is 0 Å². The summed E-state index contributed by atoms with van der Waals surface area (Å²) in [7, 11) is 0. The second-order valence-electron chi connectivity index (χ2n) is 3.31. The van der Waals surface area contributed by atoms with E-state index in [1.165, 1.54) is 28.4 Å². The second-order valence-corrected chi connectivity index (χ2v) is 4.23. The number of fused-ring (bicyclic) bond motifs is 1. The topological polar surface area (TPSA) is 26.0 Å². The van der Waals surface area contributed by atoms with Crippen molar-refractivity contribution in [2.24, 2.45) is 5.73 Å². The highest BCUT2D eigenvalue weighted by Crippen LogP contribution is 2.33. The van der Waals surface area contributed by atoms with Gasteiger partial charge in [-0.15, -0.1) is 0 Å². The molecule has 2 heteroatoms. The number of halogens is 1. The van der Waals surface area contributed by atoms with E-state index >= 15 is 0 Å². The zero-order valence-corrected chi connectivity index (χ0v) is 8.47. The molecule has 2 N–H and O–H groups in total. The molecule has 2 rings (SSSR count). The van der Waals surface area contributed by atoms with Crippen LogP contribution in [0.2, 0.25) is 0 Å². The predicted octanol–water partition coefficient (Wildman–Crippen LogP) is 2.44. The van der Waals surface area contributed by atoms with Crippen molar-refractivity contribution in [3.63, 3.8) is 0 Å². The van der Waals surface area contributed by atoms with Gasteiger partial charge in [-0.25, -0.2) is 0 Å². The van der Waals surface area contributed by atoms with Gasteiger partial charge in [-0.3, -0.25) is 0 Å². The van der Waals surface area contributed by atoms with Crippen molar-refractivity contribution in [2.45, 2.75) is 18.8 Å². The molecule has 1 atom stereocenters. The smallest absolute Gasteiger partial charge is 0.0178 e. The van der Waals surface area contributed by atoms with Crippen molar-refractivity contribution in [3.8, 4) is 0 Å². The van der Waals surface area contributed by atoms with Crippen molar-refractivity contribution >= 4 is 15.9 Å². The van der Waals surface area contributed by atoms with Gasteiger partial charge in [-0.1, -0.05) is 22.0 Å². The Labute approximate surface area is 81.1 Å². The fourth-order valence-corrected chi connectivity index (χ4v) is 2.28. The van der Waals surface area contributed by atoms with Crippen molar-refractivity contribution in [3.05, 3.63) is 33.8 Å². The maximum Gasteiger partial charge on any atom is 0.0178 e. The zero-order chi connectivity index (χ0) is 8.55. The van der Waals surface area contributed by atoms with Crippen LogP contribution in [0.4, 0.5) is 0 Å². The van der Waals surface area contributed by atoms with E-state index in [2.05, 4.69) is 34.1 Å². The molecule has 12 heavy (non-hydrogen) atoms. The third-order valence-corrected chi connectivity index (χ3v) is 3.09. The van der Waals surface area contributed by atoms with Crippen molar-refractivity contribution in [1.29, 1.82) is 0 Å². The minimum atomic E-state index is 0.595. The Morgan fingerprint density at radius 3 is 3.08 bits per heavy atom. The largest absolute Gasteiger partial charge is 0.330 e. The molecule has 1 aliphatic carbocycles. The lowest BCUT2D eigenvalue weighted by Gasteiger charge is -2.07. The van der Waals surface area contributed by atoms with Gasteiger partial charge in [0.1, 0.15) is 0 Å². The second kappa shape index (κ2) is 3.19. The Kier molecular flexibility index (Phi) is 2.20. The monoisotopic (exact) mass is 225 g/mol. The van der Waals surface area contributed by atoms with E-state index < -0.39 is 0 Å². The van der Waals surface area contributed by atoms with Crippen LogP contribution in [0.1, 0.15) is 23.5 Å². The van der Waals surface area contributed by atoms with Crippen LogP contribution in [0.3, 0.4) is 0 Å². The number of hydrogen-bond acceptors (Lipinski definition) is 1. The third kappa shape index (κ3) is 1.29. The van der Waals surface area contributed by atoms with E-state index in [0.717, 1.165) is 6.54 Å². The summed E-state index contributed by atoms with van der Waals surface area (Å²) in [6.07, 6.45) is 2.42. The molecule has 0 spiro atoms. The lowest BCUT2D eigenvalue weighted by Crippen LogP contribution is -2.09. The van der Waals surface area contributed by atoms with Crippen LogP contribution in [0.15, 0.2) is 22.7 Å². The lowest BCUT2D eigenvalue weighted by molar-refractivity contribution is 0.688. The molecule has 0 aliphatic heterocycles. The molecular weight excluding hydrogens is 214 g/mol. The van der Waals surface area contributed by atoms with Gasteiger partial charge in [0, 0.05) is 4.47 Å². The molecular formula is C10H12BrN. The standard InChI is InChI=1S/C10H12BrN/c11-9-4-3-7-1-2-8(6-12)10(7)5-9/h3-5,8H,1-2,6,12H2/t8-/m1/s1. The lowest BCUT2D eigenvalue weighted by atomic mass is 10.0. The molecule has 1 aromatic rings. The van der Waals surface area contributed by atoms with E-state index in [1.807, 2.05) is 0 Å². The van der Waals surface area contributed by atoms with E-state index in [1.54, 1.807) is 0 Å². The van der Waals surface area contributed by atoms with E-state index in [-0.39, 0.29) is 0 Å². The summed E-state index contributed by atoms with van der Waals surface area (Å²) in [6, 6.07) is 6.52. The van der Waals surface area contributed by atoms with Crippen LogP contribution in [0, 0.1) is 0 Å². The average Bonchev–Trinajstić information content (AvgIpc) is 2.46. The van der Waals surface area contributed by atoms with Crippen LogP contribution in [0.5, 0.6) is 0 Å². The number of nitrogens with two attached hydrogens (primary N) is 1. The van der Waals surface area contributed by atoms with Gasteiger partial charge >= 0.3 is 0 Å². The molecule has 0 amide bonds.